The average molecular weight is 374 g/mol. The van der Waals surface area contributed by atoms with Crippen LogP contribution in [0.25, 0.3) is 6.08 Å². The first-order valence-electron chi connectivity index (χ1n) is 9.67. The molecule has 1 N–H and O–H groups in total. The van der Waals surface area contributed by atoms with Gasteiger partial charge in [0.2, 0.25) is 5.91 Å². The number of hydrogen-bond donors (Lipinski definition) is 1. The molecular weight excluding hydrogens is 348 g/mol. The largest absolute Gasteiger partial charge is 0.496 e. The normalized spacial score (nSPS) is 23.0. The first-order chi connectivity index (χ1) is 13.5. The van der Waals surface area contributed by atoms with Gasteiger partial charge in [0.05, 0.1) is 7.11 Å². The predicted octanol–water partition coefficient (Wildman–Crippen LogP) is 4.28. The van der Waals surface area contributed by atoms with Crippen molar-refractivity contribution in [1.82, 2.24) is 5.32 Å². The molecule has 1 amide bonds. The highest BCUT2D eigenvalue weighted by molar-refractivity contribution is 5.84. The summed E-state index contributed by atoms with van der Waals surface area (Å²) in [5, 5.41) is 3.29. The SMILES string of the molecule is COc1ccccc1/C=C/C=C/[C@@]12NC(=O)CCN1c1ccccc1C2(C)C. The van der Waals surface area contributed by atoms with Gasteiger partial charge in [-0.3, -0.25) is 4.79 Å². The number of nitrogens with zero attached hydrogens (tertiary/aromatic N) is 1. The molecular formula is C24H26N2O2. The summed E-state index contributed by atoms with van der Waals surface area (Å²) in [5.41, 5.74) is 2.65. The number of nitrogens with one attached hydrogen (secondary N) is 1. The number of allylic oxidation sites excluding steroid dienone is 2. The summed E-state index contributed by atoms with van der Waals surface area (Å²) in [4.78, 5) is 14.7. The molecule has 0 unspecified atom stereocenters. The number of carbonyl (C=O) groups is 1. The molecule has 2 heterocycles. The molecule has 0 radical (unpaired) electrons. The number of benzene rings is 2. The molecule has 0 aromatic heterocycles. The molecule has 0 bridgehead atoms. The van der Waals surface area contributed by atoms with E-state index in [1.807, 2.05) is 42.5 Å². The summed E-state index contributed by atoms with van der Waals surface area (Å²) in [6.07, 6.45) is 8.69. The van der Waals surface area contributed by atoms with Crippen molar-refractivity contribution in [2.24, 2.45) is 0 Å². The van der Waals surface area contributed by atoms with Crippen LogP contribution >= 0.6 is 0 Å². The molecule has 1 saturated heterocycles. The minimum atomic E-state index is -0.572. The summed E-state index contributed by atoms with van der Waals surface area (Å²) >= 11 is 0. The molecule has 4 nitrogen and oxygen atoms in total. The lowest BCUT2D eigenvalue weighted by Crippen LogP contribution is -2.68. The fourth-order valence-electron chi connectivity index (χ4n) is 4.48. The molecule has 4 rings (SSSR count). The van der Waals surface area contributed by atoms with Gasteiger partial charge in [-0.1, -0.05) is 68.5 Å². The van der Waals surface area contributed by atoms with E-state index in [2.05, 4.69) is 54.4 Å². The van der Waals surface area contributed by atoms with Crippen LogP contribution in [0.3, 0.4) is 0 Å². The van der Waals surface area contributed by atoms with E-state index in [-0.39, 0.29) is 11.3 Å². The van der Waals surface area contributed by atoms with Crippen LogP contribution < -0.4 is 15.0 Å². The molecule has 2 aliphatic rings. The number of amides is 1. The molecule has 144 valence electrons. The second-order valence-corrected chi connectivity index (χ2v) is 7.82. The molecule has 0 aliphatic carbocycles. The lowest BCUT2D eigenvalue weighted by Gasteiger charge is -2.49. The van der Waals surface area contributed by atoms with Crippen molar-refractivity contribution in [2.45, 2.75) is 31.3 Å². The van der Waals surface area contributed by atoms with Gasteiger partial charge in [-0.2, -0.15) is 0 Å². The third-order valence-corrected chi connectivity index (χ3v) is 6.00. The topological polar surface area (TPSA) is 41.6 Å². The molecule has 1 atom stereocenters. The van der Waals surface area contributed by atoms with E-state index in [0.717, 1.165) is 11.3 Å². The summed E-state index contributed by atoms with van der Waals surface area (Å²) in [7, 11) is 1.68. The van der Waals surface area contributed by atoms with E-state index in [0.29, 0.717) is 13.0 Å². The number of ether oxygens (including phenoxy) is 1. The van der Waals surface area contributed by atoms with Crippen LogP contribution in [0.5, 0.6) is 5.75 Å². The Morgan fingerprint density at radius 2 is 1.82 bits per heavy atom. The van der Waals surface area contributed by atoms with E-state index >= 15 is 0 Å². The third-order valence-electron chi connectivity index (χ3n) is 6.00. The summed E-state index contributed by atoms with van der Waals surface area (Å²) in [6, 6.07) is 16.4. The van der Waals surface area contributed by atoms with Gasteiger partial charge < -0.3 is 15.0 Å². The second kappa shape index (κ2) is 6.86. The van der Waals surface area contributed by atoms with Gasteiger partial charge in [0.1, 0.15) is 11.4 Å². The standard InChI is InChI=1S/C24H26N2O2/c1-23(2)19-12-5-6-13-20(19)26-17-15-22(27)25-24(23,26)16-9-8-11-18-10-4-7-14-21(18)28-3/h4-14,16H,15,17H2,1-3H3,(H,25,27)/b11-8+,16-9+/t24-/m1/s1. The van der Waals surface area contributed by atoms with E-state index in [9.17, 15) is 4.79 Å². The van der Waals surface area contributed by atoms with Crippen molar-refractivity contribution in [3.8, 4) is 5.75 Å². The highest BCUT2D eigenvalue weighted by Crippen LogP contribution is 2.52. The molecule has 28 heavy (non-hydrogen) atoms. The molecule has 2 aromatic carbocycles. The first-order valence-corrected chi connectivity index (χ1v) is 9.67. The number of hydrogen-bond acceptors (Lipinski definition) is 3. The summed E-state index contributed by atoms with van der Waals surface area (Å²) < 4.78 is 5.41. The number of rotatable bonds is 4. The van der Waals surface area contributed by atoms with Crippen LogP contribution in [-0.2, 0) is 10.2 Å². The first kappa shape index (κ1) is 18.4. The van der Waals surface area contributed by atoms with Crippen LogP contribution in [0, 0.1) is 0 Å². The fourth-order valence-corrected chi connectivity index (χ4v) is 4.48. The van der Waals surface area contributed by atoms with Gasteiger partial charge >= 0.3 is 0 Å². The number of para-hydroxylation sites is 2. The lowest BCUT2D eigenvalue weighted by atomic mass is 9.74. The van der Waals surface area contributed by atoms with Crippen LogP contribution in [0.1, 0.15) is 31.4 Å². The van der Waals surface area contributed by atoms with Gasteiger partial charge in [0.25, 0.3) is 0 Å². The van der Waals surface area contributed by atoms with E-state index in [1.165, 1.54) is 11.3 Å². The molecule has 1 fully saturated rings. The Labute approximate surface area is 166 Å². The molecule has 2 aromatic rings. The van der Waals surface area contributed by atoms with E-state index < -0.39 is 5.66 Å². The van der Waals surface area contributed by atoms with Crippen molar-refractivity contribution in [3.63, 3.8) is 0 Å². The number of carbonyl (C=O) groups excluding carboxylic acids is 1. The van der Waals surface area contributed by atoms with E-state index in [4.69, 9.17) is 4.74 Å². The van der Waals surface area contributed by atoms with Crippen molar-refractivity contribution in [3.05, 3.63) is 77.9 Å². The quantitative estimate of drug-likeness (QED) is 0.812. The van der Waals surface area contributed by atoms with Crippen LogP contribution in [-0.4, -0.2) is 25.2 Å². The second-order valence-electron chi connectivity index (χ2n) is 7.82. The number of anilines is 1. The third kappa shape index (κ3) is 2.71. The maximum atomic E-state index is 12.4. The smallest absolute Gasteiger partial charge is 0.223 e. The van der Waals surface area contributed by atoms with Crippen LogP contribution in [0.2, 0.25) is 0 Å². The van der Waals surface area contributed by atoms with Crippen LogP contribution in [0.4, 0.5) is 5.69 Å². The van der Waals surface area contributed by atoms with Crippen molar-refractivity contribution in [2.75, 3.05) is 18.6 Å². The molecule has 0 spiro atoms. The minimum absolute atomic E-state index is 0.0930. The summed E-state index contributed by atoms with van der Waals surface area (Å²) in [5.74, 6) is 0.932. The Bertz CT molecular complexity index is 961. The van der Waals surface area contributed by atoms with Gasteiger partial charge in [-0.15, -0.1) is 0 Å². The number of methoxy groups -OCH3 is 1. The fraction of sp³-hybridized carbons (Fsp3) is 0.292. The zero-order valence-corrected chi connectivity index (χ0v) is 16.6. The van der Waals surface area contributed by atoms with Crippen molar-refractivity contribution in [1.29, 1.82) is 0 Å². The Morgan fingerprint density at radius 1 is 1.07 bits per heavy atom. The van der Waals surface area contributed by atoms with Gasteiger partial charge in [-0.05, 0) is 23.8 Å². The highest BCUT2D eigenvalue weighted by Gasteiger charge is 2.57. The molecule has 0 saturated carbocycles. The Hall–Kier alpha value is -3.01. The van der Waals surface area contributed by atoms with E-state index in [1.54, 1.807) is 7.11 Å². The van der Waals surface area contributed by atoms with Gasteiger partial charge in [-0.25, -0.2) is 0 Å². The van der Waals surface area contributed by atoms with Crippen molar-refractivity contribution < 1.29 is 9.53 Å². The van der Waals surface area contributed by atoms with Gasteiger partial charge in [0, 0.05) is 29.6 Å². The zero-order chi connectivity index (χ0) is 19.8. The Kier molecular flexibility index (Phi) is 4.50. The lowest BCUT2D eigenvalue weighted by molar-refractivity contribution is -0.124. The minimum Gasteiger partial charge on any atom is -0.496 e. The average Bonchev–Trinajstić information content (AvgIpc) is 2.90. The van der Waals surface area contributed by atoms with Gasteiger partial charge in [0.15, 0.2) is 0 Å². The maximum absolute atomic E-state index is 12.4. The van der Waals surface area contributed by atoms with Crippen molar-refractivity contribution >= 4 is 17.7 Å². The molecule has 2 aliphatic heterocycles. The monoisotopic (exact) mass is 374 g/mol. The molecule has 4 heteroatoms. The van der Waals surface area contributed by atoms with Crippen LogP contribution in [0.15, 0.2) is 66.8 Å². The Balaban J connectivity index is 1.70. The summed E-state index contributed by atoms with van der Waals surface area (Å²) in [6.45, 7) is 5.12. The predicted molar refractivity (Wildman–Crippen MR) is 113 cm³/mol. The number of fused-ring (bicyclic) bond motifs is 3. The highest BCUT2D eigenvalue weighted by atomic mass is 16.5. The Morgan fingerprint density at radius 3 is 2.64 bits per heavy atom. The zero-order valence-electron chi connectivity index (χ0n) is 16.6. The maximum Gasteiger partial charge on any atom is 0.223 e.